The largest absolute Gasteiger partial charge is 0.235 e. The van der Waals surface area contributed by atoms with Crippen LogP contribution in [0.3, 0.4) is 0 Å². The molecule has 0 atom stereocenters. The fourth-order valence-electron chi connectivity index (χ4n) is 1.29. The van der Waals surface area contributed by atoms with E-state index in [9.17, 15) is 8.42 Å². The van der Waals surface area contributed by atoms with Gasteiger partial charge in [0.25, 0.3) is 0 Å². The van der Waals surface area contributed by atoms with Crippen molar-refractivity contribution < 1.29 is 8.42 Å². The molecule has 0 aromatic rings. The number of hydrogen-bond acceptors (Lipinski definition) is 2. The molecule has 13 heavy (non-hydrogen) atoms. The zero-order chi connectivity index (χ0) is 10.3. The quantitative estimate of drug-likeness (QED) is 0.625. The van der Waals surface area contributed by atoms with Gasteiger partial charge < -0.3 is 0 Å². The Morgan fingerprint density at radius 2 is 1.46 bits per heavy atom. The van der Waals surface area contributed by atoms with E-state index in [-0.39, 0.29) is 5.25 Å². The van der Waals surface area contributed by atoms with Crippen molar-refractivity contribution in [1.82, 2.24) is 0 Å². The smallest absolute Gasteiger partial charge is 0.212 e. The Morgan fingerprint density at radius 3 is 1.69 bits per heavy atom. The van der Waals surface area contributed by atoms with Crippen LogP contribution in [0.4, 0.5) is 0 Å². The molecule has 0 aliphatic rings. The molecular formula is C9H19ClO2S. The summed E-state index contributed by atoms with van der Waals surface area (Å²) >= 11 is 0. The maximum absolute atomic E-state index is 11.1. The third kappa shape index (κ3) is 6.33. The molecule has 0 bridgehead atoms. The molecule has 0 aliphatic heterocycles. The van der Waals surface area contributed by atoms with Gasteiger partial charge >= 0.3 is 0 Å². The van der Waals surface area contributed by atoms with Gasteiger partial charge in [-0.3, -0.25) is 0 Å². The van der Waals surface area contributed by atoms with Crippen molar-refractivity contribution in [3.8, 4) is 0 Å². The number of hydrogen-bond donors (Lipinski definition) is 0. The minimum Gasteiger partial charge on any atom is -0.212 e. The van der Waals surface area contributed by atoms with Crippen LogP contribution in [0.25, 0.3) is 0 Å². The number of unbranched alkanes of at least 4 members (excludes halogenated alkanes) is 2. The van der Waals surface area contributed by atoms with Crippen molar-refractivity contribution in [2.75, 3.05) is 0 Å². The fourth-order valence-corrected chi connectivity index (χ4v) is 2.72. The molecule has 4 heteroatoms. The Hall–Kier alpha value is 0.240. The molecule has 0 aliphatic carbocycles. The van der Waals surface area contributed by atoms with Gasteiger partial charge in [-0.1, -0.05) is 39.5 Å². The van der Waals surface area contributed by atoms with E-state index in [1.54, 1.807) is 0 Å². The van der Waals surface area contributed by atoms with Gasteiger partial charge in [0.15, 0.2) is 0 Å². The van der Waals surface area contributed by atoms with Crippen LogP contribution in [0, 0.1) is 0 Å². The second-order valence-corrected chi connectivity index (χ2v) is 6.29. The van der Waals surface area contributed by atoms with Crippen LogP contribution in [0.2, 0.25) is 0 Å². The first-order valence-corrected chi connectivity index (χ1v) is 7.33. The molecule has 0 unspecified atom stereocenters. The minimum absolute atomic E-state index is 0.325. The second-order valence-electron chi connectivity index (χ2n) is 3.38. The lowest BCUT2D eigenvalue weighted by molar-refractivity contribution is 0.552. The summed E-state index contributed by atoms with van der Waals surface area (Å²) in [4.78, 5) is 0. The molecule has 0 spiro atoms. The monoisotopic (exact) mass is 226 g/mol. The normalized spacial score (nSPS) is 12.3. The molecule has 0 heterocycles. The van der Waals surface area contributed by atoms with Gasteiger partial charge in [-0.2, -0.15) is 0 Å². The SMILES string of the molecule is CCCCC(CCCC)S(=O)(=O)Cl. The standard InChI is InChI=1S/C9H19ClO2S/c1-3-5-7-9(8-6-4-2)13(10,11)12/h9H,3-8H2,1-2H3. The van der Waals surface area contributed by atoms with Crippen LogP contribution in [0.1, 0.15) is 52.4 Å². The Morgan fingerprint density at radius 1 is 1.08 bits per heavy atom. The molecule has 0 aromatic heterocycles. The van der Waals surface area contributed by atoms with Gasteiger partial charge in [0, 0.05) is 10.7 Å². The highest BCUT2D eigenvalue weighted by Crippen LogP contribution is 2.19. The Balaban J connectivity index is 4.04. The molecule has 0 radical (unpaired) electrons. The molecule has 0 saturated carbocycles. The first kappa shape index (κ1) is 13.2. The van der Waals surface area contributed by atoms with E-state index >= 15 is 0 Å². The summed E-state index contributed by atoms with van der Waals surface area (Å²) in [7, 11) is 2.01. The molecule has 0 N–H and O–H groups in total. The van der Waals surface area contributed by atoms with Gasteiger partial charge in [-0.25, -0.2) is 8.42 Å². The predicted molar refractivity (Wildman–Crippen MR) is 57.6 cm³/mol. The molecule has 2 nitrogen and oxygen atoms in total. The van der Waals surface area contributed by atoms with Crippen LogP contribution in [0.15, 0.2) is 0 Å². The zero-order valence-corrected chi connectivity index (χ0v) is 10.00. The highest BCUT2D eigenvalue weighted by atomic mass is 35.7. The van der Waals surface area contributed by atoms with Gasteiger partial charge in [0.1, 0.15) is 0 Å². The molecule has 0 rings (SSSR count). The van der Waals surface area contributed by atoms with Gasteiger partial charge in [-0.15, -0.1) is 0 Å². The predicted octanol–water partition coefficient (Wildman–Crippen LogP) is 3.30. The van der Waals surface area contributed by atoms with Gasteiger partial charge in [-0.05, 0) is 12.8 Å². The lowest BCUT2D eigenvalue weighted by Gasteiger charge is -2.11. The summed E-state index contributed by atoms with van der Waals surface area (Å²) < 4.78 is 22.2. The van der Waals surface area contributed by atoms with Gasteiger partial charge in [0.2, 0.25) is 9.05 Å². The molecule has 0 aromatic carbocycles. The van der Waals surface area contributed by atoms with Gasteiger partial charge in [0.05, 0.1) is 5.25 Å². The van der Waals surface area contributed by atoms with Crippen molar-refractivity contribution in [2.45, 2.75) is 57.6 Å². The molecule has 0 saturated heterocycles. The molecule has 0 fully saturated rings. The second kappa shape index (κ2) is 6.66. The van der Waals surface area contributed by atoms with E-state index in [1.165, 1.54) is 0 Å². The Bertz CT molecular complexity index is 204. The molecule has 80 valence electrons. The third-order valence-corrected chi connectivity index (χ3v) is 4.18. The van der Waals surface area contributed by atoms with E-state index in [0.29, 0.717) is 12.8 Å². The molecule has 0 amide bonds. The summed E-state index contributed by atoms with van der Waals surface area (Å²) in [6, 6.07) is 0. The Labute approximate surface area is 86.1 Å². The Kier molecular flexibility index (Phi) is 6.78. The van der Waals surface area contributed by atoms with Crippen LogP contribution < -0.4 is 0 Å². The van der Waals surface area contributed by atoms with E-state index in [2.05, 4.69) is 13.8 Å². The average Bonchev–Trinajstić information content (AvgIpc) is 2.02. The zero-order valence-electron chi connectivity index (χ0n) is 8.42. The number of rotatable bonds is 7. The first-order valence-electron chi connectivity index (χ1n) is 4.95. The van der Waals surface area contributed by atoms with E-state index in [4.69, 9.17) is 10.7 Å². The van der Waals surface area contributed by atoms with Crippen molar-refractivity contribution in [1.29, 1.82) is 0 Å². The van der Waals surface area contributed by atoms with Crippen LogP contribution in [-0.2, 0) is 9.05 Å². The maximum atomic E-state index is 11.1. The fraction of sp³-hybridized carbons (Fsp3) is 1.00. The summed E-state index contributed by atoms with van der Waals surface area (Å²) in [6.07, 6.45) is 5.36. The first-order chi connectivity index (χ1) is 6.02. The number of halogens is 1. The molecular weight excluding hydrogens is 208 g/mol. The van der Waals surface area contributed by atoms with Crippen LogP contribution >= 0.6 is 10.7 Å². The summed E-state index contributed by atoms with van der Waals surface area (Å²) in [5.74, 6) is 0. The van der Waals surface area contributed by atoms with Crippen molar-refractivity contribution in [3.05, 3.63) is 0 Å². The van der Waals surface area contributed by atoms with Crippen LogP contribution in [-0.4, -0.2) is 13.7 Å². The topological polar surface area (TPSA) is 34.1 Å². The van der Waals surface area contributed by atoms with Crippen molar-refractivity contribution in [2.24, 2.45) is 0 Å². The maximum Gasteiger partial charge on any atom is 0.235 e. The van der Waals surface area contributed by atoms with E-state index in [0.717, 1.165) is 25.7 Å². The van der Waals surface area contributed by atoms with Crippen molar-refractivity contribution in [3.63, 3.8) is 0 Å². The van der Waals surface area contributed by atoms with Crippen molar-refractivity contribution >= 4 is 19.7 Å². The van der Waals surface area contributed by atoms with E-state index < -0.39 is 9.05 Å². The van der Waals surface area contributed by atoms with E-state index in [1.807, 2.05) is 0 Å². The highest BCUT2D eigenvalue weighted by molar-refractivity contribution is 8.14. The summed E-state index contributed by atoms with van der Waals surface area (Å²) in [6.45, 7) is 4.11. The third-order valence-electron chi connectivity index (χ3n) is 2.16. The summed E-state index contributed by atoms with van der Waals surface area (Å²) in [5, 5.41) is -0.325. The average molecular weight is 227 g/mol. The van der Waals surface area contributed by atoms with Crippen LogP contribution in [0.5, 0.6) is 0 Å². The highest BCUT2D eigenvalue weighted by Gasteiger charge is 2.21. The lowest BCUT2D eigenvalue weighted by Crippen LogP contribution is -2.16. The summed E-state index contributed by atoms with van der Waals surface area (Å²) in [5.41, 5.74) is 0. The minimum atomic E-state index is -3.34. The lowest BCUT2D eigenvalue weighted by atomic mass is 10.1.